The molecule has 0 aliphatic heterocycles. The number of ether oxygens (including phenoxy) is 2. The van der Waals surface area contributed by atoms with Crippen molar-refractivity contribution in [1.82, 2.24) is 0 Å². The molecule has 21 heavy (non-hydrogen) atoms. The van der Waals surface area contributed by atoms with E-state index in [4.69, 9.17) is 20.6 Å². The lowest BCUT2D eigenvalue weighted by molar-refractivity contribution is 0.293. The Hall–Kier alpha value is -2.08. The van der Waals surface area contributed by atoms with Gasteiger partial charge in [0.25, 0.3) is 0 Å². The maximum Gasteiger partial charge on any atom is 0.136 e. The van der Waals surface area contributed by atoms with Gasteiger partial charge in [0.1, 0.15) is 29.8 Å². The van der Waals surface area contributed by atoms with Gasteiger partial charge in [0, 0.05) is 17.2 Å². The number of nitrogens with one attached hydrogen (secondary N) is 1. The van der Waals surface area contributed by atoms with Crippen molar-refractivity contribution in [1.29, 1.82) is 5.41 Å². The van der Waals surface area contributed by atoms with Crippen LogP contribution in [0.1, 0.15) is 11.1 Å². The zero-order valence-corrected chi connectivity index (χ0v) is 12.9. The molecule has 0 aromatic heterocycles. The van der Waals surface area contributed by atoms with Crippen LogP contribution in [0.4, 0.5) is 4.39 Å². The minimum absolute atomic E-state index is 0.0363. The van der Waals surface area contributed by atoms with Crippen molar-refractivity contribution in [2.75, 3.05) is 7.11 Å². The van der Waals surface area contributed by atoms with Crippen LogP contribution in [0.25, 0.3) is 0 Å². The van der Waals surface area contributed by atoms with E-state index in [9.17, 15) is 4.39 Å². The van der Waals surface area contributed by atoms with E-state index < -0.39 is 0 Å². The minimum atomic E-state index is -0.377. The Kier molecular flexibility index (Phi) is 4.80. The molecular weight excluding hydrogens is 339 g/mol. The van der Waals surface area contributed by atoms with Crippen LogP contribution in [0, 0.1) is 11.2 Å². The number of methoxy groups -OCH3 is 1. The largest absolute Gasteiger partial charge is 0.496 e. The normalized spacial score (nSPS) is 10.2. The number of amidine groups is 1. The SMILES string of the molecule is COc1ccc(C(=N)N)cc1COc1cc(F)ccc1Br. The molecule has 3 N–H and O–H groups in total. The highest BCUT2D eigenvalue weighted by molar-refractivity contribution is 9.10. The van der Waals surface area contributed by atoms with Gasteiger partial charge in [-0.3, -0.25) is 5.41 Å². The fraction of sp³-hybridized carbons (Fsp3) is 0.133. The standard InChI is InChI=1S/C15H14BrFN2O2/c1-20-13-5-2-9(15(18)19)6-10(13)8-21-14-7-11(17)3-4-12(14)16/h2-7H,8H2,1H3,(H3,18,19). The summed E-state index contributed by atoms with van der Waals surface area (Å²) < 4.78 is 24.7. The smallest absolute Gasteiger partial charge is 0.136 e. The summed E-state index contributed by atoms with van der Waals surface area (Å²) in [6, 6.07) is 9.35. The highest BCUT2D eigenvalue weighted by Gasteiger charge is 2.09. The molecular formula is C15H14BrFN2O2. The fourth-order valence-corrected chi connectivity index (χ4v) is 2.16. The molecule has 0 radical (unpaired) electrons. The second-order valence-electron chi connectivity index (χ2n) is 4.30. The molecule has 6 heteroatoms. The van der Waals surface area contributed by atoms with Crippen molar-refractivity contribution in [2.24, 2.45) is 5.73 Å². The molecule has 0 unspecified atom stereocenters. The van der Waals surface area contributed by atoms with Crippen LogP contribution in [0.5, 0.6) is 11.5 Å². The lowest BCUT2D eigenvalue weighted by atomic mass is 10.1. The molecule has 0 aliphatic carbocycles. The third-order valence-corrected chi connectivity index (χ3v) is 3.52. The molecule has 110 valence electrons. The van der Waals surface area contributed by atoms with Crippen molar-refractivity contribution in [2.45, 2.75) is 6.61 Å². The number of nitrogen functional groups attached to an aromatic ring is 1. The predicted molar refractivity (Wildman–Crippen MR) is 82.4 cm³/mol. The third kappa shape index (κ3) is 3.72. The van der Waals surface area contributed by atoms with E-state index in [1.807, 2.05) is 0 Å². The molecule has 2 aromatic carbocycles. The topological polar surface area (TPSA) is 68.3 Å². The molecule has 0 heterocycles. The van der Waals surface area contributed by atoms with E-state index >= 15 is 0 Å². The molecule has 0 saturated heterocycles. The average molecular weight is 353 g/mol. The number of hydrogen-bond acceptors (Lipinski definition) is 3. The summed E-state index contributed by atoms with van der Waals surface area (Å²) in [5.41, 5.74) is 6.77. The van der Waals surface area contributed by atoms with E-state index in [1.165, 1.54) is 12.1 Å². The second-order valence-corrected chi connectivity index (χ2v) is 5.16. The van der Waals surface area contributed by atoms with Gasteiger partial charge >= 0.3 is 0 Å². The summed E-state index contributed by atoms with van der Waals surface area (Å²) in [4.78, 5) is 0. The van der Waals surface area contributed by atoms with E-state index in [0.717, 1.165) is 5.56 Å². The summed E-state index contributed by atoms with van der Waals surface area (Å²) in [6.45, 7) is 0.173. The fourth-order valence-electron chi connectivity index (χ4n) is 1.80. The Labute approximate surface area is 130 Å². The molecule has 0 aliphatic rings. The third-order valence-electron chi connectivity index (χ3n) is 2.87. The number of rotatable bonds is 5. The monoisotopic (exact) mass is 352 g/mol. The van der Waals surface area contributed by atoms with Gasteiger partial charge in [-0.25, -0.2) is 4.39 Å². The van der Waals surface area contributed by atoms with Gasteiger partial charge in [0.2, 0.25) is 0 Å². The number of benzene rings is 2. The summed E-state index contributed by atoms with van der Waals surface area (Å²) in [5.74, 6) is 0.598. The molecule has 0 saturated carbocycles. The Morgan fingerprint density at radius 2 is 2.00 bits per heavy atom. The Bertz CT molecular complexity index is 677. The summed E-state index contributed by atoms with van der Waals surface area (Å²) in [7, 11) is 1.55. The van der Waals surface area contributed by atoms with Gasteiger partial charge < -0.3 is 15.2 Å². The van der Waals surface area contributed by atoms with Gasteiger partial charge in [0.15, 0.2) is 0 Å². The Morgan fingerprint density at radius 1 is 1.24 bits per heavy atom. The maximum absolute atomic E-state index is 13.2. The second kappa shape index (κ2) is 6.58. The first kappa shape index (κ1) is 15.3. The van der Waals surface area contributed by atoms with Crippen LogP contribution in [-0.2, 0) is 6.61 Å². The van der Waals surface area contributed by atoms with Crippen LogP contribution < -0.4 is 15.2 Å². The van der Waals surface area contributed by atoms with Gasteiger partial charge in [-0.15, -0.1) is 0 Å². The van der Waals surface area contributed by atoms with Gasteiger partial charge in [-0.2, -0.15) is 0 Å². The molecule has 0 spiro atoms. The maximum atomic E-state index is 13.2. The van der Waals surface area contributed by atoms with E-state index in [-0.39, 0.29) is 18.3 Å². The summed E-state index contributed by atoms with van der Waals surface area (Å²) >= 11 is 3.30. The molecule has 4 nitrogen and oxygen atoms in total. The highest BCUT2D eigenvalue weighted by atomic mass is 79.9. The average Bonchev–Trinajstić information content (AvgIpc) is 2.47. The lowest BCUT2D eigenvalue weighted by Gasteiger charge is -2.12. The van der Waals surface area contributed by atoms with Gasteiger partial charge in [-0.1, -0.05) is 0 Å². The van der Waals surface area contributed by atoms with Crippen LogP contribution in [0.2, 0.25) is 0 Å². The molecule has 0 amide bonds. The first-order valence-electron chi connectivity index (χ1n) is 6.10. The van der Waals surface area contributed by atoms with E-state index in [1.54, 1.807) is 31.4 Å². The number of hydrogen-bond donors (Lipinski definition) is 2. The predicted octanol–water partition coefficient (Wildman–Crippen LogP) is 3.46. The number of halogens is 2. The van der Waals surface area contributed by atoms with Gasteiger partial charge in [-0.05, 0) is 46.3 Å². The van der Waals surface area contributed by atoms with Crippen molar-refractivity contribution < 1.29 is 13.9 Å². The summed E-state index contributed by atoms with van der Waals surface area (Å²) in [6.07, 6.45) is 0. The van der Waals surface area contributed by atoms with Crippen LogP contribution in [0.15, 0.2) is 40.9 Å². The molecule has 2 aromatic rings. The molecule has 0 atom stereocenters. The van der Waals surface area contributed by atoms with Crippen LogP contribution in [-0.4, -0.2) is 12.9 Å². The van der Waals surface area contributed by atoms with Crippen molar-refractivity contribution in [3.63, 3.8) is 0 Å². The van der Waals surface area contributed by atoms with Gasteiger partial charge in [0.05, 0.1) is 11.6 Å². The van der Waals surface area contributed by atoms with E-state index in [0.29, 0.717) is 21.5 Å². The quantitative estimate of drug-likeness (QED) is 0.639. The lowest BCUT2D eigenvalue weighted by Crippen LogP contribution is -2.12. The van der Waals surface area contributed by atoms with Crippen molar-refractivity contribution >= 4 is 21.8 Å². The van der Waals surface area contributed by atoms with Crippen LogP contribution in [0.3, 0.4) is 0 Å². The molecule has 2 rings (SSSR count). The Balaban J connectivity index is 2.24. The molecule has 0 fully saturated rings. The van der Waals surface area contributed by atoms with Crippen molar-refractivity contribution in [3.8, 4) is 11.5 Å². The Morgan fingerprint density at radius 3 is 2.67 bits per heavy atom. The minimum Gasteiger partial charge on any atom is -0.496 e. The first-order chi connectivity index (χ1) is 10.0. The van der Waals surface area contributed by atoms with E-state index in [2.05, 4.69) is 15.9 Å². The first-order valence-corrected chi connectivity index (χ1v) is 6.89. The van der Waals surface area contributed by atoms with Crippen molar-refractivity contribution in [3.05, 3.63) is 57.8 Å². The highest BCUT2D eigenvalue weighted by Crippen LogP contribution is 2.28. The zero-order valence-electron chi connectivity index (χ0n) is 11.3. The number of nitrogens with two attached hydrogens (primary N) is 1. The molecule has 0 bridgehead atoms. The van der Waals surface area contributed by atoms with Crippen LogP contribution >= 0.6 is 15.9 Å². The summed E-state index contributed by atoms with van der Waals surface area (Å²) in [5, 5.41) is 7.46. The zero-order chi connectivity index (χ0) is 15.4.